The van der Waals surface area contributed by atoms with Crippen LogP contribution in [0.5, 0.6) is 0 Å². The molecule has 1 aromatic carbocycles. The maximum Gasteiger partial charge on any atom is 0.257 e. The number of fused-ring (bicyclic) bond motifs is 1. The van der Waals surface area contributed by atoms with Gasteiger partial charge in [0.05, 0.1) is 34.3 Å². The van der Waals surface area contributed by atoms with Crippen LogP contribution < -0.4 is 10.6 Å². The van der Waals surface area contributed by atoms with E-state index < -0.39 is 0 Å². The maximum atomic E-state index is 13.0. The molecule has 8 heteroatoms. The van der Waals surface area contributed by atoms with Crippen LogP contribution in [0.25, 0.3) is 10.9 Å². The number of hydrogen-bond acceptors (Lipinski definition) is 6. The molecule has 0 unspecified atom stereocenters. The summed E-state index contributed by atoms with van der Waals surface area (Å²) in [6.07, 6.45) is 4.85. The van der Waals surface area contributed by atoms with Crippen LogP contribution in [0.3, 0.4) is 0 Å². The summed E-state index contributed by atoms with van der Waals surface area (Å²) < 4.78 is 1.75. The van der Waals surface area contributed by atoms with Crippen molar-refractivity contribution in [2.75, 3.05) is 10.6 Å². The Morgan fingerprint density at radius 1 is 1.21 bits per heavy atom. The van der Waals surface area contributed by atoms with Crippen LogP contribution >= 0.6 is 0 Å². The number of carbonyl (C=O) groups is 1. The quantitative estimate of drug-likeness (QED) is 0.628. The second-order valence-corrected chi connectivity index (χ2v) is 7.71. The number of amides is 1. The van der Waals surface area contributed by atoms with Crippen molar-refractivity contribution in [3.05, 3.63) is 41.3 Å². The van der Waals surface area contributed by atoms with E-state index in [-0.39, 0.29) is 18.1 Å². The van der Waals surface area contributed by atoms with Gasteiger partial charge in [0.1, 0.15) is 0 Å². The molecule has 0 radical (unpaired) electrons. The molecule has 0 atom stereocenters. The minimum Gasteiger partial charge on any atom is -0.393 e. The first-order valence-electron chi connectivity index (χ1n) is 9.94. The van der Waals surface area contributed by atoms with Crippen LogP contribution in [0.2, 0.25) is 0 Å². The van der Waals surface area contributed by atoms with Crippen LogP contribution in [-0.2, 0) is 7.05 Å². The second-order valence-electron chi connectivity index (χ2n) is 7.71. The number of aryl methyl sites for hydroxylation is 2. The molecule has 0 spiro atoms. The highest BCUT2D eigenvalue weighted by Gasteiger charge is 2.21. The van der Waals surface area contributed by atoms with Crippen LogP contribution in [-0.4, -0.2) is 42.9 Å². The van der Waals surface area contributed by atoms with Crippen molar-refractivity contribution in [2.45, 2.75) is 51.7 Å². The van der Waals surface area contributed by atoms with Gasteiger partial charge in [-0.05, 0) is 45.6 Å². The smallest absolute Gasteiger partial charge is 0.257 e. The molecule has 1 aliphatic carbocycles. The number of aromatic nitrogens is 4. The highest BCUT2D eigenvalue weighted by Crippen LogP contribution is 2.24. The van der Waals surface area contributed by atoms with Gasteiger partial charge in [-0.25, -0.2) is 9.97 Å². The van der Waals surface area contributed by atoms with Gasteiger partial charge < -0.3 is 15.7 Å². The Morgan fingerprint density at radius 3 is 2.66 bits per heavy atom. The minimum absolute atomic E-state index is 0.208. The highest BCUT2D eigenvalue weighted by molar-refractivity contribution is 6.12. The molecule has 4 rings (SSSR count). The van der Waals surface area contributed by atoms with Gasteiger partial charge in [-0.3, -0.25) is 9.48 Å². The summed E-state index contributed by atoms with van der Waals surface area (Å²) in [5.74, 6) is 0.285. The molecule has 2 aromatic heterocycles. The zero-order valence-electron chi connectivity index (χ0n) is 16.9. The van der Waals surface area contributed by atoms with Crippen molar-refractivity contribution >= 4 is 28.4 Å². The molecule has 152 valence electrons. The van der Waals surface area contributed by atoms with Crippen LogP contribution in [0.15, 0.2) is 24.4 Å². The number of aliphatic hydroxyl groups excluding tert-OH is 1. The number of benzene rings is 1. The number of rotatable bonds is 4. The van der Waals surface area contributed by atoms with E-state index in [0.717, 1.165) is 48.1 Å². The first kappa shape index (κ1) is 19.3. The SMILES string of the molecule is Cc1nn(C)c(C)c1NC(=O)c1cccc2cnc(N[C@H]3CC[C@H](O)CC3)nc12. The van der Waals surface area contributed by atoms with Crippen molar-refractivity contribution in [1.29, 1.82) is 0 Å². The van der Waals surface area contributed by atoms with E-state index in [9.17, 15) is 9.90 Å². The molecule has 1 fully saturated rings. The average Bonchev–Trinajstić information content (AvgIpc) is 2.95. The zero-order chi connectivity index (χ0) is 20.5. The Labute approximate surface area is 169 Å². The Morgan fingerprint density at radius 2 is 1.97 bits per heavy atom. The lowest BCUT2D eigenvalue weighted by Gasteiger charge is -2.26. The fraction of sp³-hybridized carbons (Fsp3) is 0.429. The van der Waals surface area contributed by atoms with Gasteiger partial charge in [0, 0.05) is 24.7 Å². The summed E-state index contributed by atoms with van der Waals surface area (Å²) in [4.78, 5) is 22.1. The molecule has 3 aromatic rings. The Kier molecular flexibility index (Phi) is 5.19. The summed E-state index contributed by atoms with van der Waals surface area (Å²) in [6.45, 7) is 3.79. The van der Waals surface area contributed by atoms with E-state index in [2.05, 4.69) is 25.7 Å². The predicted octanol–water partition coefficient (Wildman–Crippen LogP) is 2.95. The molecule has 2 heterocycles. The fourth-order valence-corrected chi connectivity index (χ4v) is 3.85. The third-order valence-electron chi connectivity index (χ3n) is 5.63. The molecule has 29 heavy (non-hydrogen) atoms. The number of aliphatic hydroxyl groups is 1. The lowest BCUT2D eigenvalue weighted by atomic mass is 9.93. The zero-order valence-corrected chi connectivity index (χ0v) is 16.9. The Bertz CT molecular complexity index is 1050. The molecule has 1 saturated carbocycles. The van der Waals surface area contributed by atoms with Crippen molar-refractivity contribution in [2.24, 2.45) is 7.05 Å². The molecule has 1 amide bonds. The lowest BCUT2D eigenvalue weighted by molar-refractivity contribution is 0.102. The van der Waals surface area contributed by atoms with E-state index in [0.29, 0.717) is 17.0 Å². The standard InChI is InChI=1S/C21H26N6O2/c1-12-18(13(2)27(3)26-12)24-20(29)17-6-4-5-14-11-22-21(25-19(14)17)23-15-7-9-16(28)10-8-15/h4-6,11,15-16,28H,7-10H2,1-3H3,(H,24,29)(H,22,23,25)/t15-,16-. The topological polar surface area (TPSA) is 105 Å². The monoisotopic (exact) mass is 394 g/mol. The van der Waals surface area contributed by atoms with E-state index in [1.807, 2.05) is 33.0 Å². The number of para-hydroxylation sites is 1. The number of carbonyl (C=O) groups excluding carboxylic acids is 1. The number of hydrogen-bond donors (Lipinski definition) is 3. The van der Waals surface area contributed by atoms with Crippen LogP contribution in [0.1, 0.15) is 47.4 Å². The van der Waals surface area contributed by atoms with Crippen LogP contribution in [0.4, 0.5) is 11.6 Å². The van der Waals surface area contributed by atoms with Gasteiger partial charge in [0.15, 0.2) is 0 Å². The van der Waals surface area contributed by atoms with Crippen molar-refractivity contribution in [3.63, 3.8) is 0 Å². The van der Waals surface area contributed by atoms with Crippen molar-refractivity contribution in [3.8, 4) is 0 Å². The first-order chi connectivity index (χ1) is 13.9. The lowest BCUT2D eigenvalue weighted by Crippen LogP contribution is -2.29. The Hall–Kier alpha value is -3.00. The third-order valence-corrected chi connectivity index (χ3v) is 5.63. The molecule has 3 N–H and O–H groups in total. The normalized spacial score (nSPS) is 19.3. The van der Waals surface area contributed by atoms with Gasteiger partial charge >= 0.3 is 0 Å². The molecule has 8 nitrogen and oxygen atoms in total. The van der Waals surface area contributed by atoms with Gasteiger partial charge in [0.25, 0.3) is 5.91 Å². The molecule has 1 aliphatic rings. The van der Waals surface area contributed by atoms with E-state index in [1.54, 1.807) is 16.9 Å². The third kappa shape index (κ3) is 3.93. The molecule has 0 bridgehead atoms. The van der Waals surface area contributed by atoms with E-state index in [4.69, 9.17) is 0 Å². The number of nitrogens with one attached hydrogen (secondary N) is 2. The maximum absolute atomic E-state index is 13.0. The van der Waals surface area contributed by atoms with Crippen molar-refractivity contribution in [1.82, 2.24) is 19.7 Å². The average molecular weight is 394 g/mol. The molecular weight excluding hydrogens is 368 g/mol. The van der Waals surface area contributed by atoms with Crippen LogP contribution in [0, 0.1) is 13.8 Å². The highest BCUT2D eigenvalue weighted by atomic mass is 16.3. The van der Waals surface area contributed by atoms with Gasteiger partial charge in [-0.2, -0.15) is 5.10 Å². The Balaban J connectivity index is 1.61. The van der Waals surface area contributed by atoms with E-state index in [1.165, 1.54) is 0 Å². The number of nitrogens with zero attached hydrogens (tertiary/aromatic N) is 4. The van der Waals surface area contributed by atoms with Crippen molar-refractivity contribution < 1.29 is 9.90 Å². The van der Waals surface area contributed by atoms with Gasteiger partial charge in [-0.1, -0.05) is 12.1 Å². The number of anilines is 2. The second kappa shape index (κ2) is 7.79. The molecule has 0 saturated heterocycles. The van der Waals surface area contributed by atoms with E-state index >= 15 is 0 Å². The summed E-state index contributed by atoms with van der Waals surface area (Å²) in [5, 5.41) is 21.2. The predicted molar refractivity (Wildman–Crippen MR) is 112 cm³/mol. The fourth-order valence-electron chi connectivity index (χ4n) is 3.85. The summed E-state index contributed by atoms with van der Waals surface area (Å²) >= 11 is 0. The largest absolute Gasteiger partial charge is 0.393 e. The molecular formula is C21H26N6O2. The van der Waals surface area contributed by atoms with Gasteiger partial charge in [0.2, 0.25) is 5.95 Å². The first-order valence-corrected chi connectivity index (χ1v) is 9.94. The summed E-state index contributed by atoms with van der Waals surface area (Å²) in [7, 11) is 1.85. The minimum atomic E-state index is -0.222. The summed E-state index contributed by atoms with van der Waals surface area (Å²) in [5.41, 5.74) is 3.50. The molecule has 0 aliphatic heterocycles. The summed E-state index contributed by atoms with van der Waals surface area (Å²) in [6, 6.07) is 5.73. The van der Waals surface area contributed by atoms with Gasteiger partial charge in [-0.15, -0.1) is 0 Å².